The Labute approximate surface area is 243 Å². The molecule has 230 valence electrons. The highest BCUT2D eigenvalue weighted by atomic mass is 16.5. The minimum atomic E-state index is -0.0889. The normalized spacial score (nSPS) is 11.3. The molecular weight excluding hydrogens is 484 g/mol. The average molecular weight is 551 g/mol. The quantitative estimate of drug-likeness (QED) is 0.0489. The van der Waals surface area contributed by atoms with Gasteiger partial charge >= 0.3 is 11.9 Å². The fourth-order valence-electron chi connectivity index (χ4n) is 5.02. The van der Waals surface area contributed by atoms with E-state index >= 15 is 0 Å². The Balaban J connectivity index is 3.21. The van der Waals surface area contributed by atoms with Gasteiger partial charge in [-0.25, -0.2) is 0 Å². The number of carbonyl (C=O) groups excluding carboxylic acids is 2. The molecular formula is C35H66O4. The fraction of sp³-hybridized carbons (Fsp3) is 0.886. The molecule has 0 aromatic rings. The zero-order chi connectivity index (χ0) is 28.5. The second-order valence-electron chi connectivity index (χ2n) is 11.5. The van der Waals surface area contributed by atoms with E-state index in [1.165, 1.54) is 148 Å². The Morgan fingerprint density at radius 1 is 0.462 bits per heavy atom. The lowest BCUT2D eigenvalue weighted by atomic mass is 10.0. The van der Waals surface area contributed by atoms with E-state index in [0.717, 1.165) is 25.7 Å². The Bertz CT molecular complexity index is 543. The van der Waals surface area contributed by atoms with E-state index in [-0.39, 0.29) is 11.9 Å². The maximum absolute atomic E-state index is 11.9. The maximum Gasteiger partial charge on any atom is 0.305 e. The van der Waals surface area contributed by atoms with Crippen LogP contribution in [0.4, 0.5) is 0 Å². The van der Waals surface area contributed by atoms with Gasteiger partial charge in [-0.1, -0.05) is 141 Å². The summed E-state index contributed by atoms with van der Waals surface area (Å²) in [4.78, 5) is 22.9. The molecule has 0 aromatic heterocycles. The van der Waals surface area contributed by atoms with Crippen LogP contribution in [0.2, 0.25) is 0 Å². The molecule has 0 radical (unpaired) electrons. The Kier molecular flexibility index (Phi) is 31.8. The van der Waals surface area contributed by atoms with Gasteiger partial charge in [0.15, 0.2) is 0 Å². The van der Waals surface area contributed by atoms with Crippen molar-refractivity contribution in [1.82, 2.24) is 0 Å². The molecule has 0 aromatic carbocycles. The molecule has 0 spiro atoms. The number of unbranched alkanes of at least 4 members (excludes halogenated alkanes) is 23. The third kappa shape index (κ3) is 32.8. The largest absolute Gasteiger partial charge is 0.469 e. The van der Waals surface area contributed by atoms with Crippen LogP contribution in [0, 0.1) is 0 Å². The minimum absolute atomic E-state index is 0.00317. The first-order valence-corrected chi connectivity index (χ1v) is 17.1. The van der Waals surface area contributed by atoms with E-state index in [4.69, 9.17) is 4.74 Å². The van der Waals surface area contributed by atoms with Crippen molar-refractivity contribution in [1.29, 1.82) is 0 Å². The molecule has 0 saturated carbocycles. The number of carbonyl (C=O) groups is 2. The van der Waals surface area contributed by atoms with Gasteiger partial charge < -0.3 is 9.47 Å². The van der Waals surface area contributed by atoms with Crippen LogP contribution in [0.1, 0.15) is 187 Å². The van der Waals surface area contributed by atoms with Crippen LogP contribution >= 0.6 is 0 Å². The summed E-state index contributed by atoms with van der Waals surface area (Å²) in [6, 6.07) is 0. The number of hydrogen-bond acceptors (Lipinski definition) is 4. The molecule has 39 heavy (non-hydrogen) atoms. The number of rotatable bonds is 31. The standard InChI is InChI=1S/C35H66O4/c1-3-4-5-6-7-8-9-13-17-20-23-26-29-32-35(37)39-33-30-27-24-21-18-15-12-10-11-14-16-19-22-25-28-31-34(36)38-2/h10-11H,3-9,12-33H2,1-2H3. The highest BCUT2D eigenvalue weighted by Crippen LogP contribution is 2.14. The van der Waals surface area contributed by atoms with Gasteiger partial charge in [0.1, 0.15) is 0 Å². The Hall–Kier alpha value is -1.32. The molecule has 4 nitrogen and oxygen atoms in total. The minimum Gasteiger partial charge on any atom is -0.469 e. The van der Waals surface area contributed by atoms with Crippen molar-refractivity contribution >= 4 is 11.9 Å². The van der Waals surface area contributed by atoms with Crippen LogP contribution in [0.15, 0.2) is 12.2 Å². The van der Waals surface area contributed by atoms with E-state index in [2.05, 4.69) is 23.8 Å². The van der Waals surface area contributed by atoms with Crippen LogP contribution in [0.5, 0.6) is 0 Å². The number of hydrogen-bond donors (Lipinski definition) is 0. The van der Waals surface area contributed by atoms with Gasteiger partial charge in [0.25, 0.3) is 0 Å². The number of esters is 2. The van der Waals surface area contributed by atoms with Gasteiger partial charge in [-0.05, 0) is 44.9 Å². The van der Waals surface area contributed by atoms with Gasteiger partial charge in [-0.2, -0.15) is 0 Å². The summed E-state index contributed by atoms with van der Waals surface area (Å²) in [5.41, 5.74) is 0. The first-order chi connectivity index (χ1) is 19.2. The first kappa shape index (κ1) is 37.7. The zero-order valence-electron chi connectivity index (χ0n) is 26.3. The van der Waals surface area contributed by atoms with Gasteiger partial charge in [-0.15, -0.1) is 0 Å². The lowest BCUT2D eigenvalue weighted by Crippen LogP contribution is -2.05. The van der Waals surface area contributed by atoms with E-state index < -0.39 is 0 Å². The molecule has 0 rings (SSSR count). The molecule has 0 atom stereocenters. The lowest BCUT2D eigenvalue weighted by molar-refractivity contribution is -0.144. The summed E-state index contributed by atoms with van der Waals surface area (Å²) >= 11 is 0. The van der Waals surface area contributed by atoms with E-state index in [9.17, 15) is 9.59 Å². The van der Waals surface area contributed by atoms with Crippen molar-refractivity contribution in [3.63, 3.8) is 0 Å². The van der Waals surface area contributed by atoms with E-state index in [0.29, 0.717) is 19.4 Å². The number of ether oxygens (including phenoxy) is 2. The van der Waals surface area contributed by atoms with Gasteiger partial charge in [0, 0.05) is 12.8 Å². The highest BCUT2D eigenvalue weighted by Gasteiger charge is 2.03. The maximum atomic E-state index is 11.9. The van der Waals surface area contributed by atoms with Crippen LogP contribution in [-0.4, -0.2) is 25.7 Å². The van der Waals surface area contributed by atoms with Crippen LogP contribution in [-0.2, 0) is 19.1 Å². The second-order valence-corrected chi connectivity index (χ2v) is 11.5. The second kappa shape index (κ2) is 32.9. The Morgan fingerprint density at radius 2 is 0.821 bits per heavy atom. The van der Waals surface area contributed by atoms with Crippen LogP contribution in [0.25, 0.3) is 0 Å². The summed E-state index contributed by atoms with van der Waals surface area (Å²) in [6.07, 6.45) is 38.6. The first-order valence-electron chi connectivity index (χ1n) is 17.1. The molecule has 0 N–H and O–H groups in total. The third-order valence-electron chi connectivity index (χ3n) is 7.66. The summed E-state index contributed by atoms with van der Waals surface area (Å²) in [7, 11) is 1.46. The number of methoxy groups -OCH3 is 1. The highest BCUT2D eigenvalue weighted by molar-refractivity contribution is 5.69. The summed E-state index contributed by atoms with van der Waals surface area (Å²) in [5, 5.41) is 0. The van der Waals surface area contributed by atoms with Crippen molar-refractivity contribution in [2.45, 2.75) is 187 Å². The molecule has 4 heteroatoms. The van der Waals surface area contributed by atoms with Crippen molar-refractivity contribution in [3.05, 3.63) is 12.2 Å². The van der Waals surface area contributed by atoms with E-state index in [1.54, 1.807) is 0 Å². The molecule has 0 fully saturated rings. The summed E-state index contributed by atoms with van der Waals surface area (Å²) in [6.45, 7) is 2.88. The van der Waals surface area contributed by atoms with Crippen molar-refractivity contribution in [3.8, 4) is 0 Å². The molecule has 0 aliphatic heterocycles. The molecule has 0 saturated heterocycles. The predicted octanol–water partition coefficient (Wildman–Crippen LogP) is 11.2. The monoisotopic (exact) mass is 550 g/mol. The van der Waals surface area contributed by atoms with Crippen molar-refractivity contribution in [2.75, 3.05) is 13.7 Å². The van der Waals surface area contributed by atoms with Gasteiger partial charge in [0.2, 0.25) is 0 Å². The molecule has 0 aliphatic rings. The topological polar surface area (TPSA) is 52.6 Å². The fourth-order valence-corrected chi connectivity index (χ4v) is 5.02. The molecule has 0 amide bonds. The summed E-state index contributed by atoms with van der Waals surface area (Å²) in [5.74, 6) is -0.0857. The average Bonchev–Trinajstić information content (AvgIpc) is 2.94. The van der Waals surface area contributed by atoms with Gasteiger partial charge in [-0.3, -0.25) is 9.59 Å². The van der Waals surface area contributed by atoms with Crippen molar-refractivity contribution in [2.24, 2.45) is 0 Å². The SMILES string of the molecule is CCCCCCCCCCCCCCCC(=O)OCCCCCCCCC=CCCCCCCCC(=O)OC. The molecule has 0 aliphatic carbocycles. The van der Waals surface area contributed by atoms with Crippen molar-refractivity contribution < 1.29 is 19.1 Å². The predicted molar refractivity (Wildman–Crippen MR) is 167 cm³/mol. The van der Waals surface area contributed by atoms with Gasteiger partial charge in [0.05, 0.1) is 13.7 Å². The smallest absolute Gasteiger partial charge is 0.305 e. The zero-order valence-corrected chi connectivity index (χ0v) is 26.3. The molecule has 0 heterocycles. The Morgan fingerprint density at radius 3 is 1.26 bits per heavy atom. The lowest BCUT2D eigenvalue weighted by Gasteiger charge is -2.05. The van der Waals surface area contributed by atoms with Crippen LogP contribution in [0.3, 0.4) is 0 Å². The van der Waals surface area contributed by atoms with E-state index in [1.807, 2.05) is 0 Å². The summed E-state index contributed by atoms with van der Waals surface area (Å²) < 4.78 is 10.1. The number of allylic oxidation sites excluding steroid dienone is 2. The third-order valence-corrected chi connectivity index (χ3v) is 7.66. The van der Waals surface area contributed by atoms with Crippen LogP contribution < -0.4 is 0 Å². The molecule has 0 bridgehead atoms. The molecule has 0 unspecified atom stereocenters.